The minimum Gasteiger partial charge on any atom is -0.361 e. The summed E-state index contributed by atoms with van der Waals surface area (Å²) in [6, 6.07) is 8.21. The van der Waals surface area contributed by atoms with Crippen LogP contribution in [0.1, 0.15) is 24.8 Å². The first kappa shape index (κ1) is 15.6. The number of nitrogens with one attached hydrogen (secondary N) is 2. The second-order valence-corrected chi connectivity index (χ2v) is 5.72. The van der Waals surface area contributed by atoms with Crippen LogP contribution in [-0.4, -0.2) is 43.0 Å². The zero-order chi connectivity index (χ0) is 15.1. The molecule has 114 valence electrons. The Morgan fingerprint density at radius 1 is 1.24 bits per heavy atom. The fourth-order valence-corrected chi connectivity index (χ4v) is 2.46. The van der Waals surface area contributed by atoms with E-state index in [1.807, 2.05) is 18.3 Å². The van der Waals surface area contributed by atoms with Crippen LogP contribution < -0.4 is 5.32 Å². The molecule has 0 bridgehead atoms. The number of aromatic amines is 1. The van der Waals surface area contributed by atoms with Gasteiger partial charge in [0, 0.05) is 30.1 Å². The first-order chi connectivity index (χ1) is 10.2. The molecular formula is C17H25N3O. The lowest BCUT2D eigenvalue weighted by molar-refractivity contribution is -0.121. The first-order valence-corrected chi connectivity index (χ1v) is 7.63. The Kier molecular flexibility index (Phi) is 5.81. The number of unbranched alkanes of at least 4 members (excludes halogenated alkanes) is 1. The maximum Gasteiger partial charge on any atom is 0.220 e. The Labute approximate surface area is 126 Å². The summed E-state index contributed by atoms with van der Waals surface area (Å²) in [6.45, 7) is 1.85. The van der Waals surface area contributed by atoms with E-state index >= 15 is 0 Å². The molecule has 1 aromatic heterocycles. The smallest absolute Gasteiger partial charge is 0.220 e. The van der Waals surface area contributed by atoms with Crippen molar-refractivity contribution < 1.29 is 4.79 Å². The fraction of sp³-hybridized carbons (Fsp3) is 0.471. The molecule has 0 spiro atoms. The van der Waals surface area contributed by atoms with Crippen molar-refractivity contribution in [3.8, 4) is 0 Å². The van der Waals surface area contributed by atoms with Crippen LogP contribution in [0.3, 0.4) is 0 Å². The van der Waals surface area contributed by atoms with Crippen LogP contribution in [0.25, 0.3) is 10.9 Å². The molecule has 1 aromatic carbocycles. The predicted molar refractivity (Wildman–Crippen MR) is 87.4 cm³/mol. The van der Waals surface area contributed by atoms with Crippen LogP contribution in [0.2, 0.25) is 0 Å². The average molecular weight is 287 g/mol. The van der Waals surface area contributed by atoms with Gasteiger partial charge in [-0.25, -0.2) is 0 Å². The Morgan fingerprint density at radius 3 is 2.86 bits per heavy atom. The highest BCUT2D eigenvalue weighted by molar-refractivity contribution is 5.84. The first-order valence-electron chi connectivity index (χ1n) is 7.63. The van der Waals surface area contributed by atoms with E-state index in [4.69, 9.17) is 0 Å². The van der Waals surface area contributed by atoms with Gasteiger partial charge in [-0.1, -0.05) is 18.2 Å². The molecule has 0 aliphatic carbocycles. The molecule has 0 saturated carbocycles. The number of benzene rings is 1. The quantitative estimate of drug-likeness (QED) is 0.733. The minimum atomic E-state index is 0.144. The molecule has 21 heavy (non-hydrogen) atoms. The maximum absolute atomic E-state index is 11.8. The lowest BCUT2D eigenvalue weighted by atomic mass is 10.1. The van der Waals surface area contributed by atoms with E-state index in [-0.39, 0.29) is 5.91 Å². The lowest BCUT2D eigenvalue weighted by Crippen LogP contribution is -2.25. The van der Waals surface area contributed by atoms with E-state index < -0.39 is 0 Å². The molecule has 0 saturated heterocycles. The summed E-state index contributed by atoms with van der Waals surface area (Å²) in [5, 5.41) is 4.22. The summed E-state index contributed by atoms with van der Waals surface area (Å²) in [5.74, 6) is 0.144. The number of H-pyrrole nitrogens is 1. The highest BCUT2D eigenvalue weighted by atomic mass is 16.1. The van der Waals surface area contributed by atoms with Gasteiger partial charge < -0.3 is 15.2 Å². The fourth-order valence-electron chi connectivity index (χ4n) is 2.46. The van der Waals surface area contributed by atoms with E-state index in [0.29, 0.717) is 6.42 Å². The van der Waals surface area contributed by atoms with Crippen molar-refractivity contribution in [2.24, 2.45) is 0 Å². The Hall–Kier alpha value is -1.81. The van der Waals surface area contributed by atoms with Gasteiger partial charge in [-0.3, -0.25) is 4.79 Å². The molecule has 0 aliphatic rings. The number of para-hydroxylation sites is 1. The van der Waals surface area contributed by atoms with Crippen molar-refractivity contribution in [1.29, 1.82) is 0 Å². The second kappa shape index (κ2) is 7.84. The van der Waals surface area contributed by atoms with E-state index in [1.165, 1.54) is 10.9 Å². The van der Waals surface area contributed by atoms with Gasteiger partial charge in [0.25, 0.3) is 0 Å². The van der Waals surface area contributed by atoms with E-state index in [2.05, 4.69) is 41.4 Å². The van der Waals surface area contributed by atoms with Crippen LogP contribution in [0.5, 0.6) is 0 Å². The number of rotatable bonds is 8. The topological polar surface area (TPSA) is 48.1 Å². The number of hydrogen-bond acceptors (Lipinski definition) is 2. The molecular weight excluding hydrogens is 262 g/mol. The molecule has 2 rings (SSSR count). The van der Waals surface area contributed by atoms with Gasteiger partial charge in [0.1, 0.15) is 0 Å². The molecule has 1 amide bonds. The van der Waals surface area contributed by atoms with E-state index in [1.54, 1.807) is 0 Å². The molecule has 4 nitrogen and oxygen atoms in total. The van der Waals surface area contributed by atoms with Crippen LogP contribution in [0, 0.1) is 0 Å². The molecule has 0 unspecified atom stereocenters. The van der Waals surface area contributed by atoms with E-state index in [9.17, 15) is 4.79 Å². The summed E-state index contributed by atoms with van der Waals surface area (Å²) in [4.78, 5) is 17.3. The highest BCUT2D eigenvalue weighted by Crippen LogP contribution is 2.18. The second-order valence-electron chi connectivity index (χ2n) is 5.72. The van der Waals surface area contributed by atoms with E-state index in [0.717, 1.165) is 37.9 Å². The number of amides is 1. The van der Waals surface area contributed by atoms with Crippen LogP contribution in [0.4, 0.5) is 0 Å². The van der Waals surface area contributed by atoms with Gasteiger partial charge in [0.2, 0.25) is 5.91 Å². The van der Waals surface area contributed by atoms with Gasteiger partial charge in [0.05, 0.1) is 0 Å². The minimum absolute atomic E-state index is 0.144. The van der Waals surface area contributed by atoms with Crippen molar-refractivity contribution >= 4 is 16.8 Å². The largest absolute Gasteiger partial charge is 0.361 e. The number of aromatic nitrogens is 1. The summed E-state index contributed by atoms with van der Waals surface area (Å²) in [6.07, 6.45) is 5.50. The summed E-state index contributed by atoms with van der Waals surface area (Å²) in [5.41, 5.74) is 2.35. The maximum atomic E-state index is 11.8. The van der Waals surface area contributed by atoms with Crippen LogP contribution in [-0.2, 0) is 11.2 Å². The highest BCUT2D eigenvalue weighted by Gasteiger charge is 2.06. The molecule has 4 heteroatoms. The van der Waals surface area contributed by atoms with Crippen LogP contribution >= 0.6 is 0 Å². The average Bonchev–Trinajstić information content (AvgIpc) is 2.87. The zero-order valence-corrected chi connectivity index (χ0v) is 13.0. The molecule has 0 fully saturated rings. The SMILES string of the molecule is CN(C)CCCCNC(=O)CCc1c[nH]c2ccccc12. The van der Waals surface area contributed by atoms with Gasteiger partial charge in [-0.15, -0.1) is 0 Å². The molecule has 0 atom stereocenters. The monoisotopic (exact) mass is 287 g/mol. The van der Waals surface area contributed by atoms with Crippen molar-refractivity contribution in [3.05, 3.63) is 36.0 Å². The van der Waals surface area contributed by atoms with Gasteiger partial charge in [-0.05, 0) is 51.5 Å². The zero-order valence-electron chi connectivity index (χ0n) is 13.0. The molecule has 0 radical (unpaired) electrons. The normalized spacial score (nSPS) is 11.2. The number of fused-ring (bicyclic) bond motifs is 1. The van der Waals surface area contributed by atoms with Crippen molar-refractivity contribution in [3.63, 3.8) is 0 Å². The van der Waals surface area contributed by atoms with Crippen LogP contribution in [0.15, 0.2) is 30.5 Å². The number of nitrogens with zero attached hydrogens (tertiary/aromatic N) is 1. The van der Waals surface area contributed by atoms with Gasteiger partial charge >= 0.3 is 0 Å². The lowest BCUT2D eigenvalue weighted by Gasteiger charge is -2.09. The van der Waals surface area contributed by atoms with Gasteiger partial charge in [0.15, 0.2) is 0 Å². The Balaban J connectivity index is 1.69. The Bertz CT molecular complexity index is 574. The van der Waals surface area contributed by atoms with Gasteiger partial charge in [-0.2, -0.15) is 0 Å². The number of aryl methyl sites for hydroxylation is 1. The predicted octanol–water partition coefficient (Wildman–Crippen LogP) is 2.56. The third kappa shape index (κ3) is 4.90. The third-order valence-electron chi connectivity index (χ3n) is 3.65. The summed E-state index contributed by atoms with van der Waals surface area (Å²) in [7, 11) is 4.14. The Morgan fingerprint density at radius 2 is 2.05 bits per heavy atom. The molecule has 2 aromatic rings. The number of carbonyl (C=O) groups excluding carboxylic acids is 1. The number of carbonyl (C=O) groups is 1. The molecule has 2 N–H and O–H groups in total. The molecule has 0 aliphatic heterocycles. The number of hydrogen-bond donors (Lipinski definition) is 2. The van der Waals surface area contributed by atoms with Crippen molar-refractivity contribution in [2.45, 2.75) is 25.7 Å². The summed E-state index contributed by atoms with van der Waals surface area (Å²) >= 11 is 0. The molecule has 1 heterocycles. The van der Waals surface area contributed by atoms with Crippen molar-refractivity contribution in [1.82, 2.24) is 15.2 Å². The third-order valence-corrected chi connectivity index (χ3v) is 3.65. The van der Waals surface area contributed by atoms with Crippen molar-refractivity contribution in [2.75, 3.05) is 27.2 Å². The standard InChI is InChI=1S/C17H25N3O/c1-20(2)12-6-5-11-18-17(21)10-9-14-13-19-16-8-4-3-7-15(14)16/h3-4,7-8,13,19H,5-6,9-12H2,1-2H3,(H,18,21). The summed E-state index contributed by atoms with van der Waals surface area (Å²) < 4.78 is 0.